The number of nitrogens with zero attached hydrogens (tertiary/aromatic N) is 3. The molecule has 4 nitrogen and oxygen atoms in total. The predicted molar refractivity (Wildman–Crippen MR) is 232 cm³/mol. The van der Waals surface area contributed by atoms with Crippen LogP contribution in [0.1, 0.15) is 22.6 Å². The average Bonchev–Trinajstić information content (AvgIpc) is 3.84. The Labute approximate surface area is 330 Å². The number of aromatic nitrogens is 3. The van der Waals surface area contributed by atoms with Crippen molar-refractivity contribution in [2.24, 2.45) is 0 Å². The van der Waals surface area contributed by atoms with E-state index in [1.54, 1.807) is 0 Å². The molecule has 2 atom stereocenters. The molecule has 0 radical (unpaired) electrons. The number of benzene rings is 8. The van der Waals surface area contributed by atoms with Gasteiger partial charge in [-0.1, -0.05) is 182 Å². The molecule has 2 heterocycles. The molecule has 8 aromatic carbocycles. The van der Waals surface area contributed by atoms with Crippen molar-refractivity contribution in [2.45, 2.75) is 12.0 Å². The Kier molecular flexibility index (Phi) is 7.02. The van der Waals surface area contributed by atoms with Gasteiger partial charge in [-0.2, -0.15) is 0 Å². The van der Waals surface area contributed by atoms with E-state index in [1.807, 2.05) is 30.3 Å². The highest BCUT2D eigenvalue weighted by Gasteiger charge is 2.42. The molecule has 9 aromatic rings. The fourth-order valence-electron chi connectivity index (χ4n) is 9.19. The molecule has 1 aliphatic heterocycles. The minimum atomic E-state index is -0.0399. The Bertz CT molecular complexity index is 3140. The van der Waals surface area contributed by atoms with Crippen molar-refractivity contribution in [3.8, 4) is 62.2 Å². The van der Waals surface area contributed by atoms with Crippen molar-refractivity contribution in [1.82, 2.24) is 15.0 Å². The first-order chi connectivity index (χ1) is 28.2. The summed E-state index contributed by atoms with van der Waals surface area (Å²) in [5.41, 5.74) is 13.9. The SMILES string of the molecule is C1=CC2c3ccccc3OC2C2=C1c1c(-c3ccc(-c4nc(-c5ccccc5)nc(-c5ccc(-c6cccc7ccccc67)cc5)n4)cc3)ccc3cccc2c13. The van der Waals surface area contributed by atoms with Crippen LogP contribution in [0.15, 0.2) is 188 Å². The molecule has 4 heteroatoms. The van der Waals surface area contributed by atoms with Gasteiger partial charge in [0.05, 0.1) is 0 Å². The predicted octanol–water partition coefficient (Wildman–Crippen LogP) is 12.9. The van der Waals surface area contributed by atoms with Crippen LogP contribution in [0.5, 0.6) is 5.75 Å². The van der Waals surface area contributed by atoms with Gasteiger partial charge in [-0.05, 0) is 66.6 Å². The summed E-state index contributed by atoms with van der Waals surface area (Å²) in [6, 6.07) is 62.0. The van der Waals surface area contributed by atoms with E-state index < -0.39 is 0 Å². The van der Waals surface area contributed by atoms with E-state index in [1.165, 1.54) is 60.5 Å². The van der Waals surface area contributed by atoms with E-state index in [9.17, 15) is 0 Å². The van der Waals surface area contributed by atoms with Crippen LogP contribution in [0.25, 0.3) is 89.1 Å². The Morgan fingerprint density at radius 2 is 1.00 bits per heavy atom. The van der Waals surface area contributed by atoms with Crippen molar-refractivity contribution >= 4 is 32.7 Å². The van der Waals surface area contributed by atoms with E-state index >= 15 is 0 Å². The number of hydrogen-bond donors (Lipinski definition) is 0. The smallest absolute Gasteiger partial charge is 0.164 e. The third-order valence-electron chi connectivity index (χ3n) is 11.9. The summed E-state index contributed by atoms with van der Waals surface area (Å²) in [4.78, 5) is 15.1. The van der Waals surface area contributed by atoms with Gasteiger partial charge in [-0.3, -0.25) is 0 Å². The second-order valence-corrected chi connectivity index (χ2v) is 15.0. The first-order valence-electron chi connectivity index (χ1n) is 19.5. The summed E-state index contributed by atoms with van der Waals surface area (Å²) < 4.78 is 6.69. The van der Waals surface area contributed by atoms with Crippen molar-refractivity contribution in [2.75, 3.05) is 0 Å². The van der Waals surface area contributed by atoms with Gasteiger partial charge in [0.1, 0.15) is 11.9 Å². The second-order valence-electron chi connectivity index (χ2n) is 15.0. The molecule has 0 saturated carbocycles. The molecule has 0 fully saturated rings. The van der Waals surface area contributed by atoms with Gasteiger partial charge in [0.25, 0.3) is 0 Å². The van der Waals surface area contributed by atoms with Crippen LogP contribution in [0.4, 0.5) is 0 Å². The number of allylic oxidation sites excluding steroid dienone is 2. The van der Waals surface area contributed by atoms with Crippen LogP contribution in [-0.4, -0.2) is 21.1 Å². The standard InChI is InChI=1S/C53H33N3O/c1-2-11-36(12-3-1)51-54-52(37-24-20-33(21-25-37)40-17-8-13-32-10-4-5-15-39(32)40)56-53(55-51)38-26-22-34(23-27-38)41-29-28-35-14-9-18-44-47(35)48(41)45-31-30-43-42-16-6-7-19-46(42)57-50(43)49(44)45/h1-31,43,50H. The van der Waals surface area contributed by atoms with Gasteiger partial charge in [0, 0.05) is 33.7 Å². The summed E-state index contributed by atoms with van der Waals surface area (Å²) in [5, 5.41) is 5.01. The lowest BCUT2D eigenvalue weighted by Gasteiger charge is -2.24. The summed E-state index contributed by atoms with van der Waals surface area (Å²) in [7, 11) is 0. The summed E-state index contributed by atoms with van der Waals surface area (Å²) in [6.45, 7) is 0. The number of para-hydroxylation sites is 1. The molecule has 0 N–H and O–H groups in total. The van der Waals surface area contributed by atoms with Gasteiger partial charge in [-0.15, -0.1) is 0 Å². The molecule has 12 rings (SSSR count). The summed E-state index contributed by atoms with van der Waals surface area (Å²) >= 11 is 0. The lowest BCUT2D eigenvalue weighted by molar-refractivity contribution is 0.279. The van der Waals surface area contributed by atoms with Gasteiger partial charge < -0.3 is 4.74 Å². The molecular weight excluding hydrogens is 695 g/mol. The zero-order valence-electron chi connectivity index (χ0n) is 30.8. The largest absolute Gasteiger partial charge is 0.484 e. The summed E-state index contributed by atoms with van der Waals surface area (Å²) in [6.07, 6.45) is 4.63. The van der Waals surface area contributed by atoms with Crippen LogP contribution in [0.3, 0.4) is 0 Å². The molecule has 0 bridgehead atoms. The van der Waals surface area contributed by atoms with Crippen molar-refractivity contribution in [1.29, 1.82) is 0 Å². The van der Waals surface area contributed by atoms with E-state index in [0.717, 1.165) is 33.6 Å². The summed E-state index contributed by atoms with van der Waals surface area (Å²) in [5.74, 6) is 3.12. The Balaban J connectivity index is 0.930. The van der Waals surface area contributed by atoms with Gasteiger partial charge >= 0.3 is 0 Å². The lowest BCUT2D eigenvalue weighted by atomic mass is 9.82. The molecule has 0 spiro atoms. The van der Waals surface area contributed by atoms with Crippen LogP contribution in [0, 0.1) is 0 Å². The molecule has 57 heavy (non-hydrogen) atoms. The highest BCUT2D eigenvalue weighted by atomic mass is 16.5. The number of ether oxygens (including phenoxy) is 1. The number of fused-ring (bicyclic) bond motifs is 7. The highest BCUT2D eigenvalue weighted by Crippen LogP contribution is 2.55. The number of rotatable bonds is 5. The maximum absolute atomic E-state index is 6.69. The fraction of sp³-hybridized carbons (Fsp3) is 0.0377. The molecule has 0 amide bonds. The quantitative estimate of drug-likeness (QED) is 0.177. The Hall–Kier alpha value is -7.43. The minimum Gasteiger partial charge on any atom is -0.484 e. The van der Waals surface area contributed by atoms with Gasteiger partial charge in [-0.25, -0.2) is 15.0 Å². The third kappa shape index (κ3) is 5.04. The van der Waals surface area contributed by atoms with E-state index in [2.05, 4.69) is 158 Å². The maximum atomic E-state index is 6.69. The molecular formula is C53H33N3O. The lowest BCUT2D eigenvalue weighted by Crippen LogP contribution is -2.21. The minimum absolute atomic E-state index is 0.0399. The van der Waals surface area contributed by atoms with Crippen molar-refractivity contribution < 1.29 is 4.74 Å². The molecule has 266 valence electrons. The van der Waals surface area contributed by atoms with Gasteiger partial charge in [0.15, 0.2) is 17.5 Å². The highest BCUT2D eigenvalue weighted by molar-refractivity contribution is 6.20. The molecule has 2 unspecified atom stereocenters. The zero-order valence-corrected chi connectivity index (χ0v) is 30.8. The first-order valence-corrected chi connectivity index (χ1v) is 19.5. The van der Waals surface area contributed by atoms with E-state index in [4.69, 9.17) is 19.7 Å². The topological polar surface area (TPSA) is 47.9 Å². The van der Waals surface area contributed by atoms with Crippen LogP contribution >= 0.6 is 0 Å². The zero-order chi connectivity index (χ0) is 37.5. The molecule has 3 aliphatic rings. The van der Waals surface area contributed by atoms with Gasteiger partial charge in [0.2, 0.25) is 0 Å². The normalized spacial score (nSPS) is 16.1. The molecule has 2 aliphatic carbocycles. The monoisotopic (exact) mass is 727 g/mol. The van der Waals surface area contributed by atoms with Crippen molar-refractivity contribution in [3.63, 3.8) is 0 Å². The van der Waals surface area contributed by atoms with E-state index in [0.29, 0.717) is 17.5 Å². The Morgan fingerprint density at radius 1 is 0.421 bits per heavy atom. The van der Waals surface area contributed by atoms with Crippen molar-refractivity contribution in [3.05, 3.63) is 205 Å². The number of hydrogen-bond acceptors (Lipinski definition) is 4. The third-order valence-corrected chi connectivity index (χ3v) is 11.9. The average molecular weight is 728 g/mol. The Morgan fingerprint density at radius 3 is 1.75 bits per heavy atom. The fourth-order valence-corrected chi connectivity index (χ4v) is 9.19. The molecule has 1 aromatic heterocycles. The maximum Gasteiger partial charge on any atom is 0.164 e. The second kappa shape index (κ2) is 12.6. The van der Waals surface area contributed by atoms with Crippen LogP contribution in [-0.2, 0) is 0 Å². The van der Waals surface area contributed by atoms with Crippen LogP contribution in [0.2, 0.25) is 0 Å². The van der Waals surface area contributed by atoms with E-state index in [-0.39, 0.29) is 12.0 Å². The van der Waals surface area contributed by atoms with Crippen LogP contribution < -0.4 is 4.74 Å². The molecule has 0 saturated heterocycles. The first kappa shape index (κ1) is 31.9.